The van der Waals surface area contributed by atoms with E-state index in [9.17, 15) is 9.90 Å². The van der Waals surface area contributed by atoms with Gasteiger partial charge < -0.3 is 14.6 Å². The molecule has 0 amide bonds. The van der Waals surface area contributed by atoms with Crippen molar-refractivity contribution < 1.29 is 19.4 Å². The molecule has 1 N–H and O–H groups in total. The van der Waals surface area contributed by atoms with E-state index in [0.717, 1.165) is 35.5 Å². The molecule has 0 aromatic heterocycles. The average Bonchev–Trinajstić information content (AvgIpc) is 2.61. The van der Waals surface area contributed by atoms with Gasteiger partial charge in [0, 0.05) is 11.1 Å². The Balaban J connectivity index is 2.28. The molecule has 0 unspecified atom stereocenters. The molecule has 0 spiro atoms. The third kappa shape index (κ3) is 4.16. The van der Waals surface area contributed by atoms with Gasteiger partial charge in [-0.2, -0.15) is 0 Å². The van der Waals surface area contributed by atoms with Crippen LogP contribution in [0.3, 0.4) is 0 Å². The highest BCUT2D eigenvalue weighted by molar-refractivity contribution is 6.06. The highest BCUT2D eigenvalue weighted by atomic mass is 16.5. The summed E-state index contributed by atoms with van der Waals surface area (Å²) in [6.07, 6.45) is 5.08. The van der Waals surface area contributed by atoms with Gasteiger partial charge in [-0.15, -0.1) is 0 Å². The zero-order valence-corrected chi connectivity index (χ0v) is 14.2. The van der Waals surface area contributed by atoms with E-state index in [-0.39, 0.29) is 11.5 Å². The van der Waals surface area contributed by atoms with Crippen molar-refractivity contribution in [1.82, 2.24) is 0 Å². The summed E-state index contributed by atoms with van der Waals surface area (Å²) in [6.45, 7) is 2.10. The summed E-state index contributed by atoms with van der Waals surface area (Å²) in [5, 5.41) is 9.27. The van der Waals surface area contributed by atoms with Crippen LogP contribution in [0.1, 0.15) is 34.8 Å². The SMILES string of the molecule is CCCc1c(OC)cc(C=CC(=O)c2ccc(O)cc2)cc1OC. The highest BCUT2D eigenvalue weighted by Crippen LogP contribution is 2.32. The van der Waals surface area contributed by atoms with E-state index in [0.29, 0.717) is 5.56 Å². The lowest BCUT2D eigenvalue weighted by atomic mass is 10.0. The normalized spacial score (nSPS) is 10.8. The fraction of sp³-hybridized carbons (Fsp3) is 0.250. The Hall–Kier alpha value is -2.75. The molecule has 126 valence electrons. The highest BCUT2D eigenvalue weighted by Gasteiger charge is 2.11. The Bertz CT molecular complexity index is 705. The van der Waals surface area contributed by atoms with Gasteiger partial charge in [0.25, 0.3) is 0 Å². The van der Waals surface area contributed by atoms with Crippen molar-refractivity contribution in [3.63, 3.8) is 0 Å². The minimum atomic E-state index is -0.134. The molecule has 24 heavy (non-hydrogen) atoms. The van der Waals surface area contributed by atoms with Crippen molar-refractivity contribution in [2.45, 2.75) is 19.8 Å². The van der Waals surface area contributed by atoms with Crippen LogP contribution in [0.5, 0.6) is 17.2 Å². The molecule has 0 saturated heterocycles. The molecule has 0 atom stereocenters. The van der Waals surface area contributed by atoms with Crippen molar-refractivity contribution >= 4 is 11.9 Å². The van der Waals surface area contributed by atoms with Crippen LogP contribution >= 0.6 is 0 Å². The molecular formula is C20H22O4. The molecule has 0 fully saturated rings. The van der Waals surface area contributed by atoms with E-state index in [1.807, 2.05) is 12.1 Å². The van der Waals surface area contributed by atoms with Crippen LogP contribution in [0.25, 0.3) is 6.08 Å². The van der Waals surface area contributed by atoms with Gasteiger partial charge in [0.1, 0.15) is 17.2 Å². The number of benzene rings is 2. The Morgan fingerprint density at radius 1 is 1.08 bits per heavy atom. The molecule has 0 aliphatic rings. The third-order valence-electron chi connectivity index (χ3n) is 3.71. The molecule has 0 aliphatic heterocycles. The number of allylic oxidation sites excluding steroid dienone is 1. The van der Waals surface area contributed by atoms with E-state index in [1.54, 1.807) is 32.4 Å². The first-order valence-electron chi connectivity index (χ1n) is 7.85. The smallest absolute Gasteiger partial charge is 0.185 e. The lowest BCUT2D eigenvalue weighted by molar-refractivity contribution is 0.104. The summed E-state index contributed by atoms with van der Waals surface area (Å²) < 4.78 is 10.9. The second kappa shape index (κ2) is 8.20. The van der Waals surface area contributed by atoms with Crippen LogP contribution in [0.15, 0.2) is 42.5 Å². The molecular weight excluding hydrogens is 304 g/mol. The number of carbonyl (C=O) groups is 1. The summed E-state index contributed by atoms with van der Waals surface area (Å²) in [5.74, 6) is 1.52. The maximum absolute atomic E-state index is 12.2. The molecule has 2 rings (SSSR count). The number of carbonyl (C=O) groups excluding carboxylic acids is 1. The lowest BCUT2D eigenvalue weighted by Crippen LogP contribution is -1.98. The summed E-state index contributed by atoms with van der Waals surface area (Å²) >= 11 is 0. The molecule has 4 heteroatoms. The summed E-state index contributed by atoms with van der Waals surface area (Å²) in [4.78, 5) is 12.2. The zero-order valence-electron chi connectivity index (χ0n) is 14.2. The third-order valence-corrected chi connectivity index (χ3v) is 3.71. The van der Waals surface area contributed by atoms with Gasteiger partial charge in [0.05, 0.1) is 14.2 Å². The maximum Gasteiger partial charge on any atom is 0.185 e. The molecule has 0 bridgehead atoms. The van der Waals surface area contributed by atoms with Crippen LogP contribution < -0.4 is 9.47 Å². The minimum absolute atomic E-state index is 0.134. The summed E-state index contributed by atoms with van der Waals surface area (Å²) in [6, 6.07) is 9.96. The van der Waals surface area contributed by atoms with Gasteiger partial charge in [0.15, 0.2) is 5.78 Å². The monoisotopic (exact) mass is 326 g/mol. The number of phenols is 1. The van der Waals surface area contributed by atoms with Gasteiger partial charge in [-0.1, -0.05) is 19.4 Å². The Morgan fingerprint density at radius 3 is 2.17 bits per heavy atom. The van der Waals surface area contributed by atoms with Crippen LogP contribution in [-0.2, 0) is 6.42 Å². The van der Waals surface area contributed by atoms with Gasteiger partial charge in [-0.05, 0) is 54.5 Å². The first-order chi connectivity index (χ1) is 11.6. The number of ether oxygens (including phenoxy) is 2. The van der Waals surface area contributed by atoms with Crippen molar-refractivity contribution in [2.24, 2.45) is 0 Å². The topological polar surface area (TPSA) is 55.8 Å². The van der Waals surface area contributed by atoms with E-state index in [2.05, 4.69) is 6.92 Å². The average molecular weight is 326 g/mol. The first kappa shape index (κ1) is 17.6. The minimum Gasteiger partial charge on any atom is -0.508 e. The molecule has 2 aromatic carbocycles. The summed E-state index contributed by atoms with van der Waals surface area (Å²) in [7, 11) is 3.26. The molecule has 2 aromatic rings. The number of phenolic OH excluding ortho intramolecular Hbond substituents is 1. The van der Waals surface area contributed by atoms with Crippen LogP contribution in [0, 0.1) is 0 Å². The predicted molar refractivity (Wildman–Crippen MR) is 95.0 cm³/mol. The Kier molecular flexibility index (Phi) is 6.01. The van der Waals surface area contributed by atoms with E-state index >= 15 is 0 Å². The van der Waals surface area contributed by atoms with Gasteiger partial charge in [0.2, 0.25) is 0 Å². The molecule has 4 nitrogen and oxygen atoms in total. The molecule has 0 radical (unpaired) electrons. The summed E-state index contributed by atoms with van der Waals surface area (Å²) in [5.41, 5.74) is 2.38. The van der Waals surface area contributed by atoms with E-state index in [1.165, 1.54) is 18.2 Å². The quantitative estimate of drug-likeness (QED) is 0.610. The van der Waals surface area contributed by atoms with Crippen molar-refractivity contribution in [2.75, 3.05) is 14.2 Å². The standard InChI is InChI=1S/C20H22O4/c1-4-5-17-19(23-2)12-14(13-20(17)24-3)6-11-18(22)15-7-9-16(21)10-8-15/h6-13,21H,4-5H2,1-3H3. The van der Waals surface area contributed by atoms with Crippen molar-refractivity contribution in [3.8, 4) is 17.2 Å². The van der Waals surface area contributed by atoms with Gasteiger partial charge in [-0.3, -0.25) is 4.79 Å². The van der Waals surface area contributed by atoms with Gasteiger partial charge >= 0.3 is 0 Å². The predicted octanol–water partition coefficient (Wildman–Crippen LogP) is 4.26. The largest absolute Gasteiger partial charge is 0.508 e. The molecule has 0 heterocycles. The Labute approximate surface area is 142 Å². The molecule has 0 saturated carbocycles. The Morgan fingerprint density at radius 2 is 1.67 bits per heavy atom. The van der Waals surface area contributed by atoms with E-state index < -0.39 is 0 Å². The fourth-order valence-electron chi connectivity index (χ4n) is 2.49. The van der Waals surface area contributed by atoms with Crippen LogP contribution in [-0.4, -0.2) is 25.1 Å². The molecule has 0 aliphatic carbocycles. The van der Waals surface area contributed by atoms with Crippen molar-refractivity contribution in [1.29, 1.82) is 0 Å². The zero-order chi connectivity index (χ0) is 17.5. The van der Waals surface area contributed by atoms with E-state index in [4.69, 9.17) is 9.47 Å². The number of hydrogen-bond donors (Lipinski definition) is 1. The number of ketones is 1. The fourth-order valence-corrected chi connectivity index (χ4v) is 2.49. The van der Waals surface area contributed by atoms with Crippen molar-refractivity contribution in [3.05, 3.63) is 59.2 Å². The second-order valence-corrected chi connectivity index (χ2v) is 5.40. The van der Waals surface area contributed by atoms with Crippen LogP contribution in [0.2, 0.25) is 0 Å². The number of aromatic hydroxyl groups is 1. The first-order valence-corrected chi connectivity index (χ1v) is 7.85. The number of rotatable bonds is 7. The number of methoxy groups -OCH3 is 2. The lowest BCUT2D eigenvalue weighted by Gasteiger charge is -2.13. The van der Waals surface area contributed by atoms with Gasteiger partial charge in [-0.25, -0.2) is 0 Å². The maximum atomic E-state index is 12.2. The van der Waals surface area contributed by atoms with Crippen LogP contribution in [0.4, 0.5) is 0 Å². The second-order valence-electron chi connectivity index (χ2n) is 5.40. The number of hydrogen-bond acceptors (Lipinski definition) is 4.